The molecule has 16 heavy (non-hydrogen) atoms. The van der Waals surface area contributed by atoms with E-state index >= 15 is 0 Å². The smallest absolute Gasteiger partial charge is 0.130 e. The van der Waals surface area contributed by atoms with Gasteiger partial charge in [-0.25, -0.2) is 0 Å². The third-order valence-electron chi connectivity index (χ3n) is 2.30. The van der Waals surface area contributed by atoms with Crippen LogP contribution in [0.15, 0.2) is 24.3 Å². The zero-order valence-corrected chi connectivity index (χ0v) is 11.5. The topological polar surface area (TPSA) is 18.5 Å². The summed E-state index contributed by atoms with van der Waals surface area (Å²) in [5, 5.41) is 0. The Hall–Kier alpha value is -0.520. The largest absolute Gasteiger partial charge is 0.497 e. The lowest BCUT2D eigenvalue weighted by Gasteiger charge is -2.11. The monoisotopic (exact) mass is 272 g/mol. The summed E-state index contributed by atoms with van der Waals surface area (Å²) in [5.74, 6) is 2.63. The molecule has 0 spiro atoms. The number of benzene rings is 1. The Morgan fingerprint density at radius 3 is 2.69 bits per heavy atom. The molecule has 0 bridgehead atoms. The van der Waals surface area contributed by atoms with Gasteiger partial charge in [0.25, 0.3) is 0 Å². The SMILES string of the molecule is COc1ccc(C2=CCSS2=S)c(OC)c1. The van der Waals surface area contributed by atoms with Crippen LogP contribution >= 0.6 is 10.8 Å². The number of ether oxygens (including phenoxy) is 2. The minimum atomic E-state index is -0.142. The summed E-state index contributed by atoms with van der Waals surface area (Å²) in [6.45, 7) is 0. The van der Waals surface area contributed by atoms with E-state index in [0.29, 0.717) is 0 Å². The molecule has 1 aliphatic rings. The Bertz CT molecular complexity index is 455. The second-order valence-corrected chi connectivity index (χ2v) is 7.97. The van der Waals surface area contributed by atoms with E-state index in [9.17, 15) is 0 Å². The van der Waals surface area contributed by atoms with E-state index in [1.54, 1.807) is 25.0 Å². The first kappa shape index (κ1) is 12.0. The summed E-state index contributed by atoms with van der Waals surface area (Å²) in [6.07, 6.45) is 2.19. The van der Waals surface area contributed by atoms with Gasteiger partial charge in [0.05, 0.1) is 14.2 Å². The summed E-state index contributed by atoms with van der Waals surface area (Å²) < 4.78 is 10.5. The van der Waals surface area contributed by atoms with Crippen LogP contribution in [-0.4, -0.2) is 20.0 Å². The molecule has 0 N–H and O–H groups in total. The number of hydrogen-bond donors (Lipinski definition) is 0. The average molecular weight is 272 g/mol. The number of hydrogen-bond acceptors (Lipinski definition) is 4. The Labute approximate surface area is 106 Å². The minimum absolute atomic E-state index is 0.142. The van der Waals surface area contributed by atoms with Crippen LogP contribution in [0.4, 0.5) is 0 Å². The maximum Gasteiger partial charge on any atom is 0.130 e. The van der Waals surface area contributed by atoms with Crippen molar-refractivity contribution in [2.45, 2.75) is 0 Å². The van der Waals surface area contributed by atoms with Crippen molar-refractivity contribution >= 4 is 35.4 Å². The molecule has 2 nitrogen and oxygen atoms in total. The lowest BCUT2D eigenvalue weighted by Crippen LogP contribution is -1.93. The third kappa shape index (κ3) is 2.26. The van der Waals surface area contributed by atoms with Gasteiger partial charge in [0.1, 0.15) is 11.5 Å². The zero-order chi connectivity index (χ0) is 11.5. The lowest BCUT2D eigenvalue weighted by molar-refractivity contribution is 0.393. The predicted octanol–water partition coefficient (Wildman–Crippen LogP) is 2.79. The Morgan fingerprint density at radius 1 is 1.31 bits per heavy atom. The molecule has 1 aromatic carbocycles. The van der Waals surface area contributed by atoms with Crippen LogP contribution in [0.2, 0.25) is 0 Å². The summed E-state index contributed by atoms with van der Waals surface area (Å²) in [6, 6.07) is 5.85. The highest BCUT2D eigenvalue weighted by molar-refractivity contribution is 8.86. The molecule has 5 heteroatoms. The first-order valence-electron chi connectivity index (χ1n) is 4.74. The molecule has 1 unspecified atom stereocenters. The maximum atomic E-state index is 5.41. The number of methoxy groups -OCH3 is 2. The molecule has 1 aliphatic heterocycles. The molecule has 1 aromatic rings. The molecule has 0 aliphatic carbocycles. The van der Waals surface area contributed by atoms with E-state index in [2.05, 4.69) is 6.08 Å². The van der Waals surface area contributed by atoms with Crippen LogP contribution in [-0.2, 0) is 19.7 Å². The van der Waals surface area contributed by atoms with E-state index < -0.39 is 0 Å². The summed E-state index contributed by atoms with van der Waals surface area (Å²) in [7, 11) is 4.97. The van der Waals surface area contributed by atoms with Crippen LogP contribution in [0.1, 0.15) is 5.56 Å². The highest BCUT2D eigenvalue weighted by atomic mass is 33.3. The van der Waals surface area contributed by atoms with Gasteiger partial charge in [0, 0.05) is 22.3 Å². The molecule has 1 atom stereocenters. The van der Waals surface area contributed by atoms with Gasteiger partial charge in [-0.1, -0.05) is 16.9 Å². The quantitative estimate of drug-likeness (QED) is 0.787. The fraction of sp³-hybridized carbons (Fsp3) is 0.273. The first-order chi connectivity index (χ1) is 7.76. The average Bonchev–Trinajstić information content (AvgIpc) is 2.74. The maximum absolute atomic E-state index is 5.41. The number of rotatable bonds is 3. The Balaban J connectivity index is 2.44. The molecule has 1 heterocycles. The van der Waals surface area contributed by atoms with Crippen molar-refractivity contribution in [2.75, 3.05) is 20.0 Å². The second-order valence-electron chi connectivity index (χ2n) is 3.15. The van der Waals surface area contributed by atoms with Crippen LogP contribution in [0.5, 0.6) is 11.5 Å². The third-order valence-corrected chi connectivity index (χ3v) is 6.55. The predicted molar refractivity (Wildman–Crippen MR) is 74.7 cm³/mol. The zero-order valence-electron chi connectivity index (χ0n) is 9.06. The Morgan fingerprint density at radius 2 is 2.12 bits per heavy atom. The Kier molecular flexibility index (Phi) is 3.89. The minimum Gasteiger partial charge on any atom is -0.497 e. The molecule has 0 saturated carbocycles. The molecule has 0 amide bonds. The fourth-order valence-electron chi connectivity index (χ4n) is 1.50. The van der Waals surface area contributed by atoms with Gasteiger partial charge in [-0.05, 0) is 31.8 Å². The summed E-state index contributed by atoms with van der Waals surface area (Å²) in [5.41, 5.74) is 1.09. The van der Waals surface area contributed by atoms with Gasteiger partial charge in [-0.2, -0.15) is 0 Å². The molecule has 0 radical (unpaired) electrons. The molecule has 2 rings (SSSR count). The van der Waals surface area contributed by atoms with Crippen molar-refractivity contribution in [3.63, 3.8) is 0 Å². The van der Waals surface area contributed by atoms with E-state index in [-0.39, 0.29) is 8.49 Å². The molecular weight excluding hydrogens is 260 g/mol. The second kappa shape index (κ2) is 5.21. The summed E-state index contributed by atoms with van der Waals surface area (Å²) in [4.78, 5) is 1.21. The van der Waals surface area contributed by atoms with Crippen LogP contribution < -0.4 is 9.47 Å². The van der Waals surface area contributed by atoms with Gasteiger partial charge >= 0.3 is 0 Å². The van der Waals surface area contributed by atoms with E-state index in [4.69, 9.17) is 20.7 Å². The van der Waals surface area contributed by atoms with E-state index in [1.807, 2.05) is 18.2 Å². The highest BCUT2D eigenvalue weighted by Crippen LogP contribution is 2.38. The van der Waals surface area contributed by atoms with Crippen molar-refractivity contribution < 1.29 is 9.47 Å². The van der Waals surface area contributed by atoms with Gasteiger partial charge in [0.15, 0.2) is 0 Å². The molecule has 0 fully saturated rings. The normalized spacial score (nSPS) is 19.4. The van der Waals surface area contributed by atoms with E-state index in [1.165, 1.54) is 4.91 Å². The van der Waals surface area contributed by atoms with Crippen molar-refractivity contribution in [3.05, 3.63) is 29.8 Å². The van der Waals surface area contributed by atoms with Crippen LogP contribution in [0.3, 0.4) is 0 Å². The van der Waals surface area contributed by atoms with Crippen molar-refractivity contribution in [2.24, 2.45) is 0 Å². The van der Waals surface area contributed by atoms with Gasteiger partial charge in [-0.15, -0.1) is 0 Å². The van der Waals surface area contributed by atoms with Crippen LogP contribution in [0, 0.1) is 0 Å². The summed E-state index contributed by atoms with van der Waals surface area (Å²) >= 11 is 5.41. The van der Waals surface area contributed by atoms with Gasteiger partial charge < -0.3 is 9.47 Å². The molecule has 0 saturated heterocycles. The fourth-order valence-corrected chi connectivity index (χ4v) is 5.07. The van der Waals surface area contributed by atoms with Gasteiger partial charge in [0.2, 0.25) is 0 Å². The van der Waals surface area contributed by atoms with Crippen LogP contribution in [0.25, 0.3) is 4.91 Å². The molecule has 86 valence electrons. The molecule has 0 aromatic heterocycles. The lowest BCUT2D eigenvalue weighted by atomic mass is 10.1. The first-order valence-corrected chi connectivity index (χ1v) is 8.39. The van der Waals surface area contributed by atoms with Crippen molar-refractivity contribution in [1.29, 1.82) is 0 Å². The van der Waals surface area contributed by atoms with Gasteiger partial charge in [-0.3, -0.25) is 0 Å². The van der Waals surface area contributed by atoms with Crippen molar-refractivity contribution in [3.8, 4) is 11.5 Å². The highest BCUT2D eigenvalue weighted by Gasteiger charge is 2.17. The molecular formula is C11H12O2S3. The van der Waals surface area contributed by atoms with Crippen molar-refractivity contribution in [1.82, 2.24) is 0 Å². The van der Waals surface area contributed by atoms with E-state index in [0.717, 1.165) is 22.8 Å². The standard InChI is InChI=1S/C11H12O2S3/c1-12-8-3-4-9(10(7-8)13-2)11-5-6-15-16(11)14/h3-5,7H,6H2,1-2H3.